The molecular formula is C18H16ClN3O2. The molecule has 0 saturated heterocycles. The van der Waals surface area contributed by atoms with E-state index in [-0.39, 0.29) is 5.91 Å². The van der Waals surface area contributed by atoms with Gasteiger partial charge < -0.3 is 9.84 Å². The van der Waals surface area contributed by atoms with Crippen LogP contribution in [-0.4, -0.2) is 16.0 Å². The van der Waals surface area contributed by atoms with Crippen LogP contribution < -0.4 is 5.32 Å². The molecule has 0 radical (unpaired) electrons. The van der Waals surface area contributed by atoms with Crippen molar-refractivity contribution in [1.82, 2.24) is 15.5 Å². The molecule has 0 aliphatic rings. The molecule has 1 atom stereocenters. The molecule has 24 heavy (non-hydrogen) atoms. The quantitative estimate of drug-likeness (QED) is 0.772. The van der Waals surface area contributed by atoms with Crippen LogP contribution in [-0.2, 0) is 0 Å². The summed E-state index contributed by atoms with van der Waals surface area (Å²) in [4.78, 5) is 16.6. The lowest BCUT2D eigenvalue weighted by Gasteiger charge is -2.09. The minimum absolute atomic E-state index is 0.250. The van der Waals surface area contributed by atoms with Crippen molar-refractivity contribution < 1.29 is 9.32 Å². The van der Waals surface area contributed by atoms with Crippen LogP contribution in [0.3, 0.4) is 0 Å². The summed E-state index contributed by atoms with van der Waals surface area (Å²) in [7, 11) is 0. The molecular weight excluding hydrogens is 326 g/mol. The van der Waals surface area contributed by atoms with Gasteiger partial charge in [-0.3, -0.25) is 4.79 Å². The molecule has 0 fully saturated rings. The maximum Gasteiger partial charge on any atom is 0.251 e. The second-order valence-electron chi connectivity index (χ2n) is 5.53. The Morgan fingerprint density at radius 2 is 1.96 bits per heavy atom. The van der Waals surface area contributed by atoms with Crippen LogP contribution in [0.4, 0.5) is 0 Å². The zero-order valence-electron chi connectivity index (χ0n) is 13.3. The maximum absolute atomic E-state index is 12.2. The van der Waals surface area contributed by atoms with Crippen molar-refractivity contribution in [2.45, 2.75) is 19.9 Å². The van der Waals surface area contributed by atoms with E-state index in [2.05, 4.69) is 15.5 Å². The van der Waals surface area contributed by atoms with Crippen molar-refractivity contribution in [3.05, 3.63) is 70.6 Å². The van der Waals surface area contributed by atoms with Gasteiger partial charge in [0, 0.05) is 16.1 Å². The van der Waals surface area contributed by atoms with Crippen molar-refractivity contribution in [2.24, 2.45) is 0 Å². The van der Waals surface area contributed by atoms with Crippen molar-refractivity contribution in [3.63, 3.8) is 0 Å². The molecule has 1 aromatic heterocycles. The summed E-state index contributed by atoms with van der Waals surface area (Å²) >= 11 is 5.90. The molecule has 122 valence electrons. The third-order valence-corrected chi connectivity index (χ3v) is 3.79. The van der Waals surface area contributed by atoms with E-state index in [4.69, 9.17) is 16.1 Å². The van der Waals surface area contributed by atoms with Gasteiger partial charge in [0.25, 0.3) is 5.91 Å². The standard InChI is InChI=1S/C18H16ClN3O2/c1-11-6-8-13(9-7-11)16-21-18(24-22-16)12(2)20-17(23)14-4-3-5-15(19)10-14/h3-10,12H,1-2H3,(H,20,23)/t12-/m0/s1. The fourth-order valence-corrected chi connectivity index (χ4v) is 2.39. The molecule has 0 saturated carbocycles. The Morgan fingerprint density at radius 3 is 2.67 bits per heavy atom. The molecule has 5 nitrogen and oxygen atoms in total. The Bertz CT molecular complexity index is 859. The van der Waals surface area contributed by atoms with Gasteiger partial charge in [0.05, 0.1) is 0 Å². The number of nitrogens with one attached hydrogen (secondary N) is 1. The number of hydrogen-bond donors (Lipinski definition) is 1. The van der Waals surface area contributed by atoms with Crippen LogP contribution in [0.2, 0.25) is 5.02 Å². The molecule has 2 aromatic carbocycles. The number of rotatable bonds is 4. The highest BCUT2D eigenvalue weighted by Crippen LogP contribution is 2.19. The molecule has 3 aromatic rings. The first-order valence-electron chi connectivity index (χ1n) is 7.50. The lowest BCUT2D eigenvalue weighted by atomic mass is 10.1. The third kappa shape index (κ3) is 3.63. The van der Waals surface area contributed by atoms with Crippen LogP contribution in [0.25, 0.3) is 11.4 Å². The number of aromatic nitrogens is 2. The number of benzene rings is 2. The van der Waals surface area contributed by atoms with Crippen LogP contribution in [0.15, 0.2) is 53.1 Å². The number of aryl methyl sites for hydroxylation is 1. The Kier molecular flexibility index (Phi) is 4.62. The van der Waals surface area contributed by atoms with E-state index in [1.165, 1.54) is 0 Å². The summed E-state index contributed by atoms with van der Waals surface area (Å²) in [6.45, 7) is 3.80. The third-order valence-electron chi connectivity index (χ3n) is 3.56. The maximum atomic E-state index is 12.2. The first kappa shape index (κ1) is 16.2. The molecule has 0 aliphatic carbocycles. The Morgan fingerprint density at radius 1 is 1.21 bits per heavy atom. The van der Waals surface area contributed by atoms with Gasteiger partial charge in [-0.15, -0.1) is 0 Å². The van der Waals surface area contributed by atoms with Crippen molar-refractivity contribution in [1.29, 1.82) is 0 Å². The summed E-state index contributed by atoms with van der Waals surface area (Å²) in [5.41, 5.74) is 2.50. The number of carbonyl (C=O) groups excluding carboxylic acids is 1. The average molecular weight is 342 g/mol. The highest BCUT2D eigenvalue weighted by molar-refractivity contribution is 6.30. The van der Waals surface area contributed by atoms with Gasteiger partial charge in [-0.2, -0.15) is 4.98 Å². The van der Waals surface area contributed by atoms with Gasteiger partial charge in [0.2, 0.25) is 11.7 Å². The monoisotopic (exact) mass is 341 g/mol. The van der Waals surface area contributed by atoms with E-state index in [9.17, 15) is 4.79 Å². The van der Waals surface area contributed by atoms with E-state index in [0.717, 1.165) is 11.1 Å². The molecule has 0 bridgehead atoms. The Labute approximate surface area is 144 Å². The summed E-state index contributed by atoms with van der Waals surface area (Å²) in [5.74, 6) is 0.592. The summed E-state index contributed by atoms with van der Waals surface area (Å²) < 4.78 is 5.27. The zero-order valence-corrected chi connectivity index (χ0v) is 14.0. The predicted octanol–water partition coefficient (Wildman–Crippen LogP) is 4.19. The van der Waals surface area contributed by atoms with Gasteiger partial charge in [0.15, 0.2) is 0 Å². The second-order valence-corrected chi connectivity index (χ2v) is 5.96. The summed E-state index contributed by atoms with van der Waals surface area (Å²) in [6, 6.07) is 14.2. The first-order chi connectivity index (χ1) is 11.5. The number of nitrogens with zero attached hydrogens (tertiary/aromatic N) is 2. The zero-order chi connectivity index (χ0) is 17.1. The van der Waals surface area contributed by atoms with Crippen LogP contribution in [0.5, 0.6) is 0 Å². The Hall–Kier alpha value is -2.66. The second kappa shape index (κ2) is 6.84. The largest absolute Gasteiger partial charge is 0.341 e. The van der Waals surface area contributed by atoms with Gasteiger partial charge in [-0.1, -0.05) is 52.7 Å². The van der Waals surface area contributed by atoms with Gasteiger partial charge in [-0.25, -0.2) is 0 Å². The Balaban J connectivity index is 1.73. The normalized spacial score (nSPS) is 12.0. The van der Waals surface area contributed by atoms with Gasteiger partial charge >= 0.3 is 0 Å². The molecule has 1 heterocycles. The molecule has 0 unspecified atom stereocenters. The highest BCUT2D eigenvalue weighted by Gasteiger charge is 2.18. The minimum Gasteiger partial charge on any atom is -0.341 e. The molecule has 0 spiro atoms. The summed E-state index contributed by atoms with van der Waals surface area (Å²) in [6.07, 6.45) is 0. The van der Waals surface area contributed by atoms with Crippen LogP contribution in [0, 0.1) is 6.92 Å². The number of carbonyl (C=O) groups is 1. The number of hydrogen-bond acceptors (Lipinski definition) is 4. The smallest absolute Gasteiger partial charge is 0.251 e. The molecule has 6 heteroatoms. The predicted molar refractivity (Wildman–Crippen MR) is 91.8 cm³/mol. The van der Waals surface area contributed by atoms with E-state index < -0.39 is 6.04 Å². The van der Waals surface area contributed by atoms with Gasteiger partial charge in [-0.05, 0) is 32.0 Å². The SMILES string of the molecule is Cc1ccc(-c2noc([C@H](C)NC(=O)c3cccc(Cl)c3)n2)cc1. The molecule has 0 aliphatic heterocycles. The van der Waals surface area contributed by atoms with Crippen LogP contribution >= 0.6 is 11.6 Å². The number of halogens is 1. The van der Waals surface area contributed by atoms with E-state index in [0.29, 0.717) is 22.3 Å². The minimum atomic E-state index is -0.414. The van der Waals surface area contributed by atoms with E-state index in [1.807, 2.05) is 31.2 Å². The van der Waals surface area contributed by atoms with E-state index >= 15 is 0 Å². The lowest BCUT2D eigenvalue weighted by molar-refractivity contribution is 0.0932. The molecule has 3 rings (SSSR count). The average Bonchev–Trinajstić information content (AvgIpc) is 3.05. The molecule has 1 N–H and O–H groups in total. The topological polar surface area (TPSA) is 68.0 Å². The van der Waals surface area contributed by atoms with Crippen LogP contribution in [0.1, 0.15) is 34.8 Å². The fourth-order valence-electron chi connectivity index (χ4n) is 2.20. The van der Waals surface area contributed by atoms with Gasteiger partial charge in [0.1, 0.15) is 6.04 Å². The van der Waals surface area contributed by atoms with Crippen molar-refractivity contribution in [3.8, 4) is 11.4 Å². The van der Waals surface area contributed by atoms with E-state index in [1.54, 1.807) is 31.2 Å². The van der Waals surface area contributed by atoms with Crippen molar-refractivity contribution in [2.75, 3.05) is 0 Å². The molecule has 1 amide bonds. The lowest BCUT2D eigenvalue weighted by Crippen LogP contribution is -2.26. The first-order valence-corrected chi connectivity index (χ1v) is 7.88. The number of amides is 1. The van der Waals surface area contributed by atoms with Crippen molar-refractivity contribution >= 4 is 17.5 Å². The highest BCUT2D eigenvalue weighted by atomic mass is 35.5. The fraction of sp³-hybridized carbons (Fsp3) is 0.167. The summed E-state index contributed by atoms with van der Waals surface area (Å²) in [5, 5.41) is 7.30.